The molecule has 9 nitrogen and oxygen atoms in total. The van der Waals surface area contributed by atoms with Crippen LogP contribution in [0.3, 0.4) is 0 Å². The molecule has 0 aliphatic carbocycles. The van der Waals surface area contributed by atoms with Gasteiger partial charge in [-0.1, -0.05) is 53.5 Å². The molecule has 1 N–H and O–H groups in total. The minimum absolute atomic E-state index is 0.239. The zero-order valence-corrected chi connectivity index (χ0v) is 31.0. The number of aromatic amines is 1. The van der Waals surface area contributed by atoms with Crippen molar-refractivity contribution >= 4 is 23.2 Å². The number of rotatable bonds is 12. The molecular weight excluding hydrogens is 695 g/mol. The number of halogens is 2. The van der Waals surface area contributed by atoms with Crippen LogP contribution in [0.2, 0.25) is 10.0 Å². The van der Waals surface area contributed by atoms with Crippen molar-refractivity contribution in [2.24, 2.45) is 5.92 Å². The van der Waals surface area contributed by atoms with Gasteiger partial charge >= 0.3 is 0 Å². The molecule has 5 aromatic rings. The molecule has 4 heterocycles. The monoisotopic (exact) mass is 736 g/mol. The Balaban J connectivity index is 1.09. The second-order valence-electron chi connectivity index (χ2n) is 13.7. The highest BCUT2D eigenvalue weighted by molar-refractivity contribution is 6.35. The number of nitrogens with one attached hydrogen (secondary N) is 1. The summed E-state index contributed by atoms with van der Waals surface area (Å²) in [4.78, 5) is 16.6. The summed E-state index contributed by atoms with van der Waals surface area (Å²) in [6, 6.07) is 19.9. The second kappa shape index (κ2) is 16.4. The number of piperidine rings is 1. The van der Waals surface area contributed by atoms with Gasteiger partial charge in [-0.2, -0.15) is 5.26 Å². The fourth-order valence-corrected chi connectivity index (χ4v) is 7.63. The van der Waals surface area contributed by atoms with Crippen LogP contribution in [0.25, 0.3) is 11.1 Å². The lowest BCUT2D eigenvalue weighted by molar-refractivity contribution is 0.150. The molecule has 2 aromatic heterocycles. The van der Waals surface area contributed by atoms with Crippen molar-refractivity contribution in [3.8, 4) is 34.4 Å². The van der Waals surface area contributed by atoms with E-state index in [1.54, 1.807) is 18.6 Å². The third-order valence-corrected chi connectivity index (χ3v) is 10.7. The number of nitrogens with zero attached hydrogens (tertiary/aromatic N) is 5. The second-order valence-corrected chi connectivity index (χ2v) is 14.5. The molecule has 0 amide bonds. The van der Waals surface area contributed by atoms with Crippen LogP contribution in [0.1, 0.15) is 52.0 Å². The highest BCUT2D eigenvalue weighted by atomic mass is 35.5. The molecule has 2 aliphatic rings. The molecule has 268 valence electrons. The van der Waals surface area contributed by atoms with Gasteiger partial charge in [-0.3, -0.25) is 9.88 Å². The summed E-state index contributed by atoms with van der Waals surface area (Å²) in [6.45, 7) is 7.69. The van der Waals surface area contributed by atoms with Crippen LogP contribution in [0.5, 0.6) is 17.2 Å². The first-order valence-corrected chi connectivity index (χ1v) is 18.4. The van der Waals surface area contributed by atoms with Gasteiger partial charge < -0.3 is 24.1 Å². The number of ether oxygens (including phenoxy) is 3. The summed E-state index contributed by atoms with van der Waals surface area (Å²) in [5.74, 6) is 2.37. The maximum Gasteiger partial charge on any atom is 0.142 e. The number of H-pyrrole nitrogens is 1. The first-order valence-electron chi connectivity index (χ1n) is 17.7. The minimum atomic E-state index is 0.239. The maximum atomic E-state index is 9.36. The lowest BCUT2D eigenvalue weighted by atomic mass is 9.96. The van der Waals surface area contributed by atoms with Crippen molar-refractivity contribution in [1.82, 2.24) is 24.8 Å². The Morgan fingerprint density at radius 1 is 0.942 bits per heavy atom. The lowest BCUT2D eigenvalue weighted by Crippen LogP contribution is -2.34. The maximum absolute atomic E-state index is 9.36. The van der Waals surface area contributed by atoms with Crippen LogP contribution >= 0.6 is 23.2 Å². The zero-order valence-electron chi connectivity index (χ0n) is 29.5. The molecule has 1 atom stereocenters. The van der Waals surface area contributed by atoms with Gasteiger partial charge in [0.15, 0.2) is 0 Å². The fraction of sp³-hybridized carbons (Fsp3) is 0.341. The van der Waals surface area contributed by atoms with Gasteiger partial charge in [0.2, 0.25) is 0 Å². The van der Waals surface area contributed by atoms with E-state index < -0.39 is 0 Å². The number of likely N-dealkylation sites (tertiary alicyclic amines) is 1. The summed E-state index contributed by atoms with van der Waals surface area (Å²) in [6.07, 6.45) is 8.25. The van der Waals surface area contributed by atoms with E-state index in [0.717, 1.165) is 71.7 Å². The van der Waals surface area contributed by atoms with Gasteiger partial charge in [0.05, 0.1) is 34.2 Å². The van der Waals surface area contributed by atoms with E-state index in [1.165, 1.54) is 24.7 Å². The topological polar surface area (TPSA) is 99.5 Å². The van der Waals surface area contributed by atoms with Crippen molar-refractivity contribution in [2.45, 2.75) is 52.5 Å². The highest BCUT2D eigenvalue weighted by Crippen LogP contribution is 2.39. The van der Waals surface area contributed by atoms with Crippen molar-refractivity contribution in [3.05, 3.63) is 123 Å². The molecule has 1 fully saturated rings. The SMILES string of the molecule is Cc1c(COc2cc(OCc3cncc(C#N)c3)c(CN3CCc4[nH]cnc4C3)cc2Cl)cccc1-c1cccc(OCC2CCCN(C)C2)c1Cl. The van der Waals surface area contributed by atoms with Gasteiger partial charge in [0.25, 0.3) is 0 Å². The summed E-state index contributed by atoms with van der Waals surface area (Å²) in [5.41, 5.74) is 8.48. The number of hydrogen-bond acceptors (Lipinski definition) is 8. The summed E-state index contributed by atoms with van der Waals surface area (Å²) in [5, 5.41) is 10.5. The minimum Gasteiger partial charge on any atom is -0.492 e. The third kappa shape index (κ3) is 8.38. The summed E-state index contributed by atoms with van der Waals surface area (Å²) in [7, 11) is 2.17. The molecule has 7 rings (SSSR count). The largest absolute Gasteiger partial charge is 0.492 e. The van der Waals surface area contributed by atoms with Crippen LogP contribution in [0.4, 0.5) is 0 Å². The number of fused-ring (bicyclic) bond motifs is 1. The first kappa shape index (κ1) is 35.8. The van der Waals surface area contributed by atoms with Crippen LogP contribution in [0, 0.1) is 24.2 Å². The van der Waals surface area contributed by atoms with E-state index in [1.807, 2.05) is 36.4 Å². The Morgan fingerprint density at radius 2 is 1.79 bits per heavy atom. The summed E-state index contributed by atoms with van der Waals surface area (Å²) >= 11 is 13.9. The smallest absolute Gasteiger partial charge is 0.142 e. The molecule has 1 unspecified atom stereocenters. The van der Waals surface area contributed by atoms with Gasteiger partial charge in [-0.15, -0.1) is 0 Å². The molecule has 0 saturated carbocycles. The molecule has 0 bridgehead atoms. The number of hydrogen-bond donors (Lipinski definition) is 1. The quantitative estimate of drug-likeness (QED) is 0.136. The fourth-order valence-electron chi connectivity index (χ4n) is 7.11. The predicted molar refractivity (Wildman–Crippen MR) is 203 cm³/mol. The van der Waals surface area contributed by atoms with Crippen molar-refractivity contribution in [1.29, 1.82) is 5.26 Å². The Kier molecular flexibility index (Phi) is 11.3. The van der Waals surface area contributed by atoms with Crippen LogP contribution < -0.4 is 14.2 Å². The highest BCUT2D eigenvalue weighted by Gasteiger charge is 2.22. The molecule has 52 heavy (non-hydrogen) atoms. The number of nitriles is 1. The standard InChI is InChI=1S/C41H42Cl2N6O3/c1-27-31(7-3-8-33(27)34-9-4-10-38(41(34)43)50-23-28-6-5-12-48(2)20-28)25-52-40-16-39(51-24-30-14-29(17-44)18-45-19-30)32(15-35(40)42)21-49-13-11-36-37(22-49)47-26-46-36/h3-4,7-10,14-16,18-19,26,28H,5-6,11-13,20-25H2,1-2H3,(H,46,47). The van der Waals surface area contributed by atoms with Gasteiger partial charge in [0.1, 0.15) is 36.5 Å². The third-order valence-electron chi connectivity index (χ3n) is 9.97. The number of benzene rings is 3. The van der Waals surface area contributed by atoms with Crippen LogP contribution in [-0.4, -0.2) is 58.0 Å². The molecular formula is C41H42Cl2N6O3. The Hall–Kier alpha value is -4.59. The normalized spacial score (nSPS) is 16.2. The zero-order chi connectivity index (χ0) is 36.0. The molecule has 0 spiro atoms. The lowest BCUT2D eigenvalue weighted by Gasteiger charge is -2.29. The Labute approximate surface area is 315 Å². The number of imidazole rings is 1. The van der Waals surface area contributed by atoms with E-state index in [9.17, 15) is 5.26 Å². The van der Waals surface area contributed by atoms with Crippen molar-refractivity contribution in [3.63, 3.8) is 0 Å². The summed E-state index contributed by atoms with van der Waals surface area (Å²) < 4.78 is 19.1. The van der Waals surface area contributed by atoms with Crippen LogP contribution in [0.15, 0.2) is 73.3 Å². The number of pyridine rings is 1. The van der Waals surface area contributed by atoms with E-state index in [-0.39, 0.29) is 6.61 Å². The molecule has 11 heteroatoms. The first-order chi connectivity index (χ1) is 25.3. The van der Waals surface area contributed by atoms with Crippen molar-refractivity contribution in [2.75, 3.05) is 33.3 Å². The molecule has 2 aliphatic heterocycles. The van der Waals surface area contributed by atoms with E-state index in [2.05, 4.69) is 56.9 Å². The van der Waals surface area contributed by atoms with E-state index in [4.69, 9.17) is 37.4 Å². The van der Waals surface area contributed by atoms with Gasteiger partial charge in [-0.05, 0) is 68.2 Å². The molecule has 1 saturated heterocycles. The molecule has 0 radical (unpaired) electrons. The molecule has 3 aromatic carbocycles. The van der Waals surface area contributed by atoms with E-state index >= 15 is 0 Å². The van der Waals surface area contributed by atoms with Gasteiger partial charge in [0, 0.05) is 79.4 Å². The van der Waals surface area contributed by atoms with Gasteiger partial charge in [-0.25, -0.2) is 4.98 Å². The van der Waals surface area contributed by atoms with Crippen molar-refractivity contribution < 1.29 is 14.2 Å². The Morgan fingerprint density at radius 3 is 2.65 bits per heavy atom. The predicted octanol–water partition coefficient (Wildman–Crippen LogP) is 8.40. The Bertz CT molecular complexity index is 2080. The van der Waals surface area contributed by atoms with Crippen LogP contribution in [-0.2, 0) is 32.7 Å². The number of aromatic nitrogens is 3. The average Bonchev–Trinajstić information content (AvgIpc) is 3.63. The average molecular weight is 738 g/mol. The van der Waals surface area contributed by atoms with E-state index in [0.29, 0.717) is 58.5 Å².